The van der Waals surface area contributed by atoms with Gasteiger partial charge in [0.1, 0.15) is 6.61 Å². The number of hydrogen-bond donors (Lipinski definition) is 0. The normalized spacial score (nSPS) is 20.2. The summed E-state index contributed by atoms with van der Waals surface area (Å²) in [6.07, 6.45) is 6.43. The van der Waals surface area contributed by atoms with Gasteiger partial charge in [0.15, 0.2) is 0 Å². The Morgan fingerprint density at radius 1 is 1.14 bits per heavy atom. The first-order valence-corrected chi connectivity index (χ1v) is 7.45. The molecule has 0 saturated carbocycles. The Kier molecular flexibility index (Phi) is 4.04. The highest BCUT2D eigenvalue weighted by molar-refractivity contribution is 6.21. The number of carbonyl (C=O) groups excluding carboxylic acids is 3. The standard InChI is InChI=1S/C17H17NO4/c19-15-13-8-4-5-9-14(13)16(20)18(15)10-11-22-17(21)12-6-2-1-3-7-12/h1-2,4-5,8-9,12H,3,6-7,10-11H2. The number of benzene rings is 1. The minimum absolute atomic E-state index is 0.0461. The van der Waals surface area contributed by atoms with Gasteiger partial charge in [0.05, 0.1) is 23.6 Å². The molecule has 114 valence electrons. The summed E-state index contributed by atoms with van der Waals surface area (Å²) < 4.78 is 5.22. The molecule has 0 aromatic heterocycles. The summed E-state index contributed by atoms with van der Waals surface area (Å²) in [5.41, 5.74) is 0.826. The molecule has 0 radical (unpaired) electrons. The van der Waals surface area contributed by atoms with Gasteiger partial charge in [-0.3, -0.25) is 19.3 Å². The third-order valence-electron chi connectivity index (χ3n) is 4.04. The molecule has 1 unspecified atom stereocenters. The van der Waals surface area contributed by atoms with Crippen molar-refractivity contribution in [3.63, 3.8) is 0 Å². The second-order valence-electron chi connectivity index (χ2n) is 5.46. The number of ether oxygens (including phenoxy) is 1. The van der Waals surface area contributed by atoms with Gasteiger partial charge in [-0.25, -0.2) is 0 Å². The molecule has 3 rings (SSSR count). The van der Waals surface area contributed by atoms with E-state index in [0.717, 1.165) is 17.7 Å². The Bertz CT molecular complexity index is 615. The van der Waals surface area contributed by atoms with Crippen LogP contribution in [0.2, 0.25) is 0 Å². The maximum Gasteiger partial charge on any atom is 0.309 e. The van der Waals surface area contributed by atoms with E-state index in [-0.39, 0.29) is 36.9 Å². The Morgan fingerprint density at radius 3 is 2.41 bits per heavy atom. The van der Waals surface area contributed by atoms with E-state index >= 15 is 0 Å². The van der Waals surface area contributed by atoms with Crippen LogP contribution in [0.3, 0.4) is 0 Å². The minimum atomic E-state index is -0.322. The van der Waals surface area contributed by atoms with E-state index in [1.54, 1.807) is 24.3 Å². The predicted molar refractivity (Wildman–Crippen MR) is 79.2 cm³/mol. The first-order chi connectivity index (χ1) is 10.7. The van der Waals surface area contributed by atoms with E-state index in [1.165, 1.54) is 0 Å². The Balaban J connectivity index is 1.55. The van der Waals surface area contributed by atoms with Gasteiger partial charge in [0.25, 0.3) is 11.8 Å². The Hall–Kier alpha value is -2.43. The van der Waals surface area contributed by atoms with Crippen molar-refractivity contribution in [1.82, 2.24) is 4.90 Å². The van der Waals surface area contributed by atoms with E-state index in [1.807, 2.05) is 6.08 Å². The zero-order valence-electron chi connectivity index (χ0n) is 12.2. The lowest BCUT2D eigenvalue weighted by Crippen LogP contribution is -2.34. The fraction of sp³-hybridized carbons (Fsp3) is 0.353. The van der Waals surface area contributed by atoms with Gasteiger partial charge in [0.2, 0.25) is 0 Å². The molecule has 0 bridgehead atoms. The van der Waals surface area contributed by atoms with Crippen molar-refractivity contribution in [2.24, 2.45) is 5.92 Å². The summed E-state index contributed by atoms with van der Waals surface area (Å²) in [7, 11) is 0. The van der Waals surface area contributed by atoms with Crippen LogP contribution in [0, 0.1) is 5.92 Å². The molecule has 1 aromatic carbocycles. The van der Waals surface area contributed by atoms with Crippen LogP contribution in [0.15, 0.2) is 36.4 Å². The first-order valence-electron chi connectivity index (χ1n) is 7.45. The molecule has 0 saturated heterocycles. The van der Waals surface area contributed by atoms with Crippen LogP contribution < -0.4 is 0 Å². The molecule has 1 aromatic rings. The van der Waals surface area contributed by atoms with Crippen molar-refractivity contribution >= 4 is 17.8 Å². The van der Waals surface area contributed by atoms with Crippen LogP contribution in [0.4, 0.5) is 0 Å². The number of rotatable bonds is 4. The van der Waals surface area contributed by atoms with Gasteiger partial charge in [-0.1, -0.05) is 24.3 Å². The zero-order chi connectivity index (χ0) is 15.5. The largest absolute Gasteiger partial charge is 0.464 e. The van der Waals surface area contributed by atoms with Gasteiger partial charge in [-0.2, -0.15) is 0 Å². The summed E-state index contributed by atoms with van der Waals surface area (Å²) in [5.74, 6) is -0.998. The summed E-state index contributed by atoms with van der Waals surface area (Å²) in [4.78, 5) is 37.3. The lowest BCUT2D eigenvalue weighted by molar-refractivity contribution is -0.149. The topological polar surface area (TPSA) is 63.7 Å². The van der Waals surface area contributed by atoms with Crippen LogP contribution in [0.1, 0.15) is 40.0 Å². The van der Waals surface area contributed by atoms with E-state index in [9.17, 15) is 14.4 Å². The monoisotopic (exact) mass is 299 g/mol. The maximum atomic E-state index is 12.1. The van der Waals surface area contributed by atoms with Crippen LogP contribution in [-0.4, -0.2) is 35.8 Å². The molecular formula is C17H17NO4. The molecule has 1 aliphatic carbocycles. The average molecular weight is 299 g/mol. The second kappa shape index (κ2) is 6.13. The van der Waals surface area contributed by atoms with Crippen molar-refractivity contribution in [3.8, 4) is 0 Å². The minimum Gasteiger partial charge on any atom is -0.464 e. The summed E-state index contributed by atoms with van der Waals surface area (Å²) >= 11 is 0. The average Bonchev–Trinajstić information content (AvgIpc) is 2.81. The lowest BCUT2D eigenvalue weighted by atomic mass is 9.95. The van der Waals surface area contributed by atoms with Gasteiger partial charge < -0.3 is 4.74 Å². The highest BCUT2D eigenvalue weighted by Crippen LogP contribution is 2.22. The van der Waals surface area contributed by atoms with Crippen molar-refractivity contribution in [3.05, 3.63) is 47.5 Å². The van der Waals surface area contributed by atoms with Crippen molar-refractivity contribution in [2.45, 2.75) is 19.3 Å². The first kappa shape index (κ1) is 14.5. The number of hydrogen-bond acceptors (Lipinski definition) is 4. The fourth-order valence-corrected chi connectivity index (χ4v) is 2.81. The molecule has 0 fully saturated rings. The zero-order valence-corrected chi connectivity index (χ0v) is 12.2. The molecule has 0 spiro atoms. The second-order valence-corrected chi connectivity index (χ2v) is 5.46. The Morgan fingerprint density at radius 2 is 1.82 bits per heavy atom. The molecular weight excluding hydrogens is 282 g/mol. The van der Waals surface area contributed by atoms with E-state index in [2.05, 4.69) is 6.08 Å². The molecule has 5 nitrogen and oxygen atoms in total. The Labute approximate surface area is 128 Å². The van der Waals surface area contributed by atoms with Crippen molar-refractivity contribution in [1.29, 1.82) is 0 Å². The SMILES string of the molecule is O=C(OCCN1C(=O)c2ccccc2C1=O)C1CC=CCC1. The fourth-order valence-electron chi connectivity index (χ4n) is 2.81. The van der Waals surface area contributed by atoms with Crippen molar-refractivity contribution < 1.29 is 19.1 Å². The third kappa shape index (κ3) is 2.66. The van der Waals surface area contributed by atoms with Gasteiger partial charge in [0, 0.05) is 0 Å². The highest BCUT2D eigenvalue weighted by Gasteiger charge is 2.35. The number of fused-ring (bicyclic) bond motifs is 1. The molecule has 22 heavy (non-hydrogen) atoms. The van der Waals surface area contributed by atoms with Crippen LogP contribution in [0.25, 0.3) is 0 Å². The maximum absolute atomic E-state index is 12.1. The summed E-state index contributed by atoms with van der Waals surface area (Å²) in [5, 5.41) is 0. The molecule has 2 amide bonds. The lowest BCUT2D eigenvalue weighted by Gasteiger charge is -2.18. The summed E-state index contributed by atoms with van der Waals surface area (Å²) in [6.45, 7) is 0.144. The number of carbonyl (C=O) groups is 3. The molecule has 1 aliphatic heterocycles. The number of allylic oxidation sites excluding steroid dienone is 2. The van der Waals surface area contributed by atoms with E-state index in [4.69, 9.17) is 4.74 Å². The van der Waals surface area contributed by atoms with E-state index < -0.39 is 0 Å². The number of imide groups is 1. The number of amides is 2. The molecule has 0 N–H and O–H groups in total. The van der Waals surface area contributed by atoms with Crippen LogP contribution in [-0.2, 0) is 9.53 Å². The summed E-state index contributed by atoms with van der Waals surface area (Å²) in [6, 6.07) is 6.72. The molecule has 1 heterocycles. The van der Waals surface area contributed by atoms with Gasteiger partial charge >= 0.3 is 5.97 Å². The van der Waals surface area contributed by atoms with Gasteiger partial charge in [-0.05, 0) is 31.4 Å². The predicted octanol–water partition coefficient (Wildman–Crippen LogP) is 2.18. The van der Waals surface area contributed by atoms with Gasteiger partial charge in [-0.15, -0.1) is 0 Å². The molecule has 5 heteroatoms. The van der Waals surface area contributed by atoms with Crippen LogP contribution in [0.5, 0.6) is 0 Å². The quantitative estimate of drug-likeness (QED) is 0.485. The van der Waals surface area contributed by atoms with Crippen molar-refractivity contribution in [2.75, 3.05) is 13.2 Å². The van der Waals surface area contributed by atoms with E-state index in [0.29, 0.717) is 17.5 Å². The molecule has 1 atom stereocenters. The van der Waals surface area contributed by atoms with Crippen LogP contribution >= 0.6 is 0 Å². The molecule has 2 aliphatic rings. The number of nitrogens with zero attached hydrogens (tertiary/aromatic N) is 1. The highest BCUT2D eigenvalue weighted by atomic mass is 16.5. The smallest absolute Gasteiger partial charge is 0.309 e. The number of esters is 1. The third-order valence-corrected chi connectivity index (χ3v) is 4.04.